The zero-order chi connectivity index (χ0) is 30.3. The van der Waals surface area contributed by atoms with Crippen molar-refractivity contribution in [2.45, 2.75) is 64.1 Å². The number of hydrogen-bond donors (Lipinski definition) is 1. The molecule has 7 nitrogen and oxygen atoms in total. The van der Waals surface area contributed by atoms with Gasteiger partial charge >= 0.3 is 0 Å². The largest absolute Gasteiger partial charge is 0.352 e. The number of halogens is 2. The Morgan fingerprint density at radius 2 is 1.64 bits per heavy atom. The summed E-state index contributed by atoms with van der Waals surface area (Å²) in [4.78, 5) is 29.7. The van der Waals surface area contributed by atoms with E-state index in [1.807, 2.05) is 49.4 Å². The van der Waals surface area contributed by atoms with Crippen LogP contribution in [0.5, 0.6) is 0 Å². The molecule has 0 unspecified atom stereocenters. The van der Waals surface area contributed by atoms with Crippen LogP contribution in [0.4, 0.5) is 5.69 Å². The van der Waals surface area contributed by atoms with Crippen LogP contribution in [0.15, 0.2) is 77.3 Å². The van der Waals surface area contributed by atoms with Gasteiger partial charge < -0.3 is 10.2 Å². The van der Waals surface area contributed by atoms with Crippen molar-refractivity contribution in [3.8, 4) is 0 Å². The second kappa shape index (κ2) is 14.5. The fourth-order valence-corrected chi connectivity index (χ4v) is 6.50. The lowest BCUT2D eigenvalue weighted by molar-refractivity contribution is -0.140. The van der Waals surface area contributed by atoms with Crippen molar-refractivity contribution in [2.24, 2.45) is 0 Å². The van der Waals surface area contributed by atoms with Crippen LogP contribution < -0.4 is 9.62 Å². The van der Waals surface area contributed by atoms with Gasteiger partial charge in [0.25, 0.3) is 0 Å². The summed E-state index contributed by atoms with van der Waals surface area (Å²) < 4.78 is 27.9. The molecule has 0 aliphatic heterocycles. The molecule has 0 heterocycles. The SMILES string of the molecule is Cc1cc(N(CC(=O)N(Cc2ccc(Cl)cc2)[C@H](Cc2ccccc2)C(=O)NC2CCCCC2)S(C)(=O)=O)ccc1Br. The number of amides is 2. The number of rotatable bonds is 11. The number of carbonyl (C=O) groups excluding carboxylic acids is 2. The van der Waals surface area contributed by atoms with Gasteiger partial charge in [-0.3, -0.25) is 13.9 Å². The monoisotopic (exact) mass is 673 g/mol. The minimum atomic E-state index is -3.83. The number of hydrogen-bond acceptors (Lipinski definition) is 4. The van der Waals surface area contributed by atoms with Crippen LogP contribution in [-0.2, 0) is 32.6 Å². The molecular weight excluding hydrogens is 638 g/mol. The predicted molar refractivity (Wildman–Crippen MR) is 172 cm³/mol. The highest BCUT2D eigenvalue weighted by atomic mass is 79.9. The predicted octanol–water partition coefficient (Wildman–Crippen LogP) is 6.27. The number of aryl methyl sites for hydroxylation is 1. The first-order valence-corrected chi connectivity index (χ1v) is 17.2. The van der Waals surface area contributed by atoms with E-state index in [4.69, 9.17) is 11.6 Å². The van der Waals surface area contributed by atoms with Crippen LogP contribution in [0.3, 0.4) is 0 Å². The van der Waals surface area contributed by atoms with Crippen molar-refractivity contribution in [3.63, 3.8) is 0 Å². The lowest BCUT2D eigenvalue weighted by Gasteiger charge is -2.35. The van der Waals surface area contributed by atoms with Crippen LogP contribution in [0.25, 0.3) is 0 Å². The Hall–Kier alpha value is -2.88. The molecule has 224 valence electrons. The maximum Gasteiger partial charge on any atom is 0.244 e. The van der Waals surface area contributed by atoms with Gasteiger partial charge in [-0.05, 0) is 66.8 Å². The molecule has 0 bridgehead atoms. The van der Waals surface area contributed by atoms with Gasteiger partial charge in [0.2, 0.25) is 21.8 Å². The minimum Gasteiger partial charge on any atom is -0.352 e. The molecule has 1 aliphatic rings. The topological polar surface area (TPSA) is 86.8 Å². The van der Waals surface area contributed by atoms with Gasteiger partial charge in [-0.1, -0.05) is 89.3 Å². The molecule has 0 spiro atoms. The van der Waals surface area contributed by atoms with E-state index in [0.29, 0.717) is 10.7 Å². The first kappa shape index (κ1) is 32.0. The molecule has 3 aromatic rings. The molecule has 4 rings (SSSR count). The summed E-state index contributed by atoms with van der Waals surface area (Å²) in [5.41, 5.74) is 2.89. The second-order valence-electron chi connectivity index (χ2n) is 10.9. The van der Waals surface area contributed by atoms with Crippen LogP contribution >= 0.6 is 27.5 Å². The Labute approximate surface area is 262 Å². The fraction of sp³-hybridized carbons (Fsp3) is 0.375. The van der Waals surface area contributed by atoms with Gasteiger partial charge in [-0.2, -0.15) is 0 Å². The van der Waals surface area contributed by atoms with E-state index in [1.54, 1.807) is 30.3 Å². The third kappa shape index (κ3) is 8.82. The summed E-state index contributed by atoms with van der Waals surface area (Å²) in [6, 6.07) is 21.0. The molecule has 2 amide bonds. The van der Waals surface area contributed by atoms with Gasteiger partial charge in [0.05, 0.1) is 11.9 Å². The Balaban J connectivity index is 1.72. The first-order valence-electron chi connectivity index (χ1n) is 14.1. The fourth-order valence-electron chi connectivity index (χ4n) is 5.28. The lowest BCUT2D eigenvalue weighted by atomic mass is 9.94. The normalized spacial score (nSPS) is 14.7. The minimum absolute atomic E-state index is 0.0512. The number of sulfonamides is 1. The summed E-state index contributed by atoms with van der Waals surface area (Å²) in [7, 11) is -3.83. The van der Waals surface area contributed by atoms with E-state index in [9.17, 15) is 18.0 Å². The van der Waals surface area contributed by atoms with Crippen molar-refractivity contribution >= 4 is 55.1 Å². The quantitative estimate of drug-likeness (QED) is 0.260. The molecule has 3 aromatic carbocycles. The maximum absolute atomic E-state index is 14.2. The van der Waals surface area contributed by atoms with E-state index in [-0.39, 0.29) is 24.9 Å². The molecule has 0 radical (unpaired) electrons. The maximum atomic E-state index is 14.2. The summed E-state index contributed by atoms with van der Waals surface area (Å²) in [5, 5.41) is 3.76. The Kier molecular flexibility index (Phi) is 11.1. The highest BCUT2D eigenvalue weighted by molar-refractivity contribution is 9.10. The molecule has 0 aromatic heterocycles. The number of carbonyl (C=O) groups is 2. The molecule has 42 heavy (non-hydrogen) atoms. The smallest absolute Gasteiger partial charge is 0.244 e. The molecule has 0 saturated heterocycles. The lowest BCUT2D eigenvalue weighted by Crippen LogP contribution is -2.55. The zero-order valence-corrected chi connectivity index (χ0v) is 27.1. The number of benzene rings is 3. The van der Waals surface area contributed by atoms with Crippen molar-refractivity contribution in [2.75, 3.05) is 17.1 Å². The molecule has 1 fully saturated rings. The van der Waals surface area contributed by atoms with Crippen LogP contribution in [0.1, 0.15) is 48.8 Å². The van der Waals surface area contributed by atoms with Crippen LogP contribution in [0.2, 0.25) is 5.02 Å². The summed E-state index contributed by atoms with van der Waals surface area (Å²) in [6.45, 7) is 1.52. The average molecular weight is 675 g/mol. The highest BCUT2D eigenvalue weighted by Gasteiger charge is 2.34. The van der Waals surface area contributed by atoms with Gasteiger partial charge in [-0.15, -0.1) is 0 Å². The third-order valence-corrected chi connectivity index (χ3v) is 9.88. The van der Waals surface area contributed by atoms with Gasteiger partial charge in [0, 0.05) is 28.5 Å². The molecule has 1 atom stereocenters. The number of nitrogens with one attached hydrogen (secondary N) is 1. The molecule has 10 heteroatoms. The second-order valence-corrected chi connectivity index (χ2v) is 14.1. The van der Waals surface area contributed by atoms with E-state index in [2.05, 4.69) is 21.2 Å². The zero-order valence-electron chi connectivity index (χ0n) is 23.9. The van der Waals surface area contributed by atoms with Crippen molar-refractivity contribution in [1.29, 1.82) is 0 Å². The van der Waals surface area contributed by atoms with E-state index in [0.717, 1.165) is 63.8 Å². The summed E-state index contributed by atoms with van der Waals surface area (Å²) >= 11 is 9.58. The van der Waals surface area contributed by atoms with Gasteiger partial charge in [0.1, 0.15) is 12.6 Å². The molecule has 1 aliphatic carbocycles. The third-order valence-electron chi connectivity index (χ3n) is 7.60. The highest BCUT2D eigenvalue weighted by Crippen LogP contribution is 2.26. The van der Waals surface area contributed by atoms with Crippen molar-refractivity contribution < 1.29 is 18.0 Å². The van der Waals surface area contributed by atoms with E-state index < -0.39 is 28.5 Å². The van der Waals surface area contributed by atoms with Gasteiger partial charge in [0.15, 0.2) is 0 Å². The van der Waals surface area contributed by atoms with Gasteiger partial charge in [-0.25, -0.2) is 8.42 Å². The van der Waals surface area contributed by atoms with Crippen molar-refractivity contribution in [1.82, 2.24) is 10.2 Å². The van der Waals surface area contributed by atoms with Crippen LogP contribution in [0, 0.1) is 6.92 Å². The summed E-state index contributed by atoms with van der Waals surface area (Å²) in [6.07, 6.45) is 6.43. The van der Waals surface area contributed by atoms with Crippen molar-refractivity contribution in [3.05, 3.63) is 99.0 Å². The standard InChI is InChI=1S/C32H37BrClN3O4S/c1-23-19-28(17-18-29(23)33)37(42(2,40)41)22-31(38)36(21-25-13-15-26(34)16-14-25)30(20-24-9-5-3-6-10-24)32(39)35-27-11-7-4-8-12-27/h3,5-6,9-10,13-19,27,30H,4,7-8,11-12,20-22H2,1-2H3,(H,35,39)/t30-/m1/s1. The van der Waals surface area contributed by atoms with Crippen LogP contribution in [-0.4, -0.2) is 50.0 Å². The summed E-state index contributed by atoms with van der Waals surface area (Å²) in [5.74, 6) is -0.714. The average Bonchev–Trinajstić information content (AvgIpc) is 2.96. The Bertz CT molecular complexity index is 1480. The first-order chi connectivity index (χ1) is 20.0. The molecule has 1 N–H and O–H groups in total. The number of nitrogens with zero attached hydrogens (tertiary/aromatic N) is 2. The molecule has 1 saturated carbocycles. The Morgan fingerprint density at radius 3 is 2.26 bits per heavy atom. The molecular formula is C32H37BrClN3O4S. The van der Waals surface area contributed by atoms with E-state index in [1.165, 1.54) is 4.90 Å². The number of anilines is 1. The van der Waals surface area contributed by atoms with E-state index >= 15 is 0 Å². The Morgan fingerprint density at radius 1 is 0.976 bits per heavy atom.